The molecule has 2 aliphatic rings. The fraction of sp³-hybridized carbons (Fsp3) is 0.444. The molecule has 2 fully saturated rings. The summed E-state index contributed by atoms with van der Waals surface area (Å²) in [5.74, 6) is -0.328. The Morgan fingerprint density at radius 3 is 2.49 bits per heavy atom. The zero-order valence-electron chi connectivity index (χ0n) is 20.9. The molecular weight excluding hydrogens is 513 g/mol. The van der Waals surface area contributed by atoms with E-state index in [1.54, 1.807) is 24.3 Å². The van der Waals surface area contributed by atoms with Crippen molar-refractivity contribution >= 4 is 52.4 Å². The first kappa shape index (κ1) is 27.1. The van der Waals surface area contributed by atoms with Crippen LogP contribution >= 0.6 is 23.2 Å². The van der Waals surface area contributed by atoms with Crippen molar-refractivity contribution in [2.75, 3.05) is 42.9 Å². The maximum Gasteiger partial charge on any atom is 0.317 e. The Balaban J connectivity index is 1.48. The summed E-state index contributed by atoms with van der Waals surface area (Å²) in [5, 5.41) is 9.37. The van der Waals surface area contributed by atoms with E-state index < -0.39 is 5.50 Å². The predicted molar refractivity (Wildman–Crippen MR) is 148 cm³/mol. The van der Waals surface area contributed by atoms with Crippen LogP contribution in [0.15, 0.2) is 42.5 Å². The lowest BCUT2D eigenvalue weighted by Gasteiger charge is -2.26. The number of amides is 4. The van der Waals surface area contributed by atoms with Gasteiger partial charge in [-0.3, -0.25) is 9.59 Å². The number of halogens is 2. The van der Waals surface area contributed by atoms with Crippen molar-refractivity contribution in [3.8, 4) is 0 Å². The molecule has 1 aliphatic carbocycles. The Morgan fingerprint density at radius 1 is 1.03 bits per heavy atom. The van der Waals surface area contributed by atoms with Gasteiger partial charge in [-0.05, 0) is 62.1 Å². The van der Waals surface area contributed by atoms with Gasteiger partial charge in [0, 0.05) is 55.6 Å². The summed E-state index contributed by atoms with van der Waals surface area (Å²) in [5.41, 5.74) is 2.20. The van der Waals surface area contributed by atoms with Crippen molar-refractivity contribution in [3.05, 3.63) is 58.6 Å². The average molecular weight is 546 g/mol. The van der Waals surface area contributed by atoms with Crippen LogP contribution in [0.2, 0.25) is 5.02 Å². The molecule has 1 heterocycles. The lowest BCUT2D eigenvalue weighted by atomic mass is 10.1. The van der Waals surface area contributed by atoms with Crippen molar-refractivity contribution in [3.63, 3.8) is 0 Å². The Kier molecular flexibility index (Phi) is 9.16. The maximum atomic E-state index is 13.0. The van der Waals surface area contributed by atoms with Crippen LogP contribution in [0.4, 0.5) is 16.2 Å². The molecule has 3 N–H and O–H groups in total. The lowest BCUT2D eigenvalue weighted by molar-refractivity contribution is -0.117. The minimum Gasteiger partial charge on any atom is -0.368 e. The molecule has 0 radical (unpaired) electrons. The molecule has 0 bridgehead atoms. The first-order chi connectivity index (χ1) is 17.8. The first-order valence-corrected chi connectivity index (χ1v) is 13.6. The third kappa shape index (κ3) is 7.52. The Labute approximate surface area is 227 Å². The number of carbonyl (C=O) groups excluding carboxylic acids is 3. The Bertz CT molecular complexity index is 1120. The largest absolute Gasteiger partial charge is 0.368 e. The van der Waals surface area contributed by atoms with Gasteiger partial charge in [0.2, 0.25) is 5.91 Å². The molecule has 2 aromatic carbocycles. The second kappa shape index (κ2) is 12.5. The molecule has 0 spiro atoms. The number of benzene rings is 2. The zero-order valence-corrected chi connectivity index (χ0v) is 22.4. The molecule has 1 atom stereocenters. The van der Waals surface area contributed by atoms with E-state index in [9.17, 15) is 14.4 Å². The number of anilines is 2. The summed E-state index contributed by atoms with van der Waals surface area (Å²) >= 11 is 12.4. The highest BCUT2D eigenvalue weighted by atomic mass is 35.5. The number of hydrogen-bond acceptors (Lipinski definition) is 4. The second-order valence-corrected chi connectivity index (χ2v) is 10.4. The Hall–Kier alpha value is -2.97. The zero-order chi connectivity index (χ0) is 26.4. The van der Waals surface area contributed by atoms with Gasteiger partial charge >= 0.3 is 6.03 Å². The molecule has 0 aromatic heterocycles. The van der Waals surface area contributed by atoms with E-state index in [0.717, 1.165) is 37.1 Å². The van der Waals surface area contributed by atoms with Gasteiger partial charge in [-0.25, -0.2) is 4.79 Å². The van der Waals surface area contributed by atoms with Crippen molar-refractivity contribution in [2.24, 2.45) is 5.92 Å². The topological polar surface area (TPSA) is 93.8 Å². The van der Waals surface area contributed by atoms with Gasteiger partial charge in [0.1, 0.15) is 5.50 Å². The quantitative estimate of drug-likeness (QED) is 0.337. The summed E-state index contributed by atoms with van der Waals surface area (Å²) in [7, 11) is 0. The normalized spacial score (nSPS) is 16.5. The van der Waals surface area contributed by atoms with E-state index in [4.69, 9.17) is 23.2 Å². The highest BCUT2D eigenvalue weighted by Gasteiger charge is 2.31. The number of alkyl halides is 1. The standard InChI is InChI=1S/C27H33Cl2N5O3/c1-2-30-27(37)34-13-3-12-33(14-15-34)23-11-8-20(17-22(23)31-25(35)19-6-7-19)26(36)32-24(29)16-18-4-9-21(28)10-5-18/h4-5,8-11,17,19,24H,2-3,6-7,12-16H2,1H3,(H,30,37)(H,31,35)(H,32,36). The first-order valence-electron chi connectivity index (χ1n) is 12.8. The number of hydrogen-bond donors (Lipinski definition) is 3. The van der Waals surface area contributed by atoms with Crippen LogP contribution in [0.3, 0.4) is 0 Å². The van der Waals surface area contributed by atoms with Gasteiger partial charge in [-0.2, -0.15) is 0 Å². The molecule has 198 valence electrons. The number of nitrogens with zero attached hydrogens (tertiary/aromatic N) is 2. The van der Waals surface area contributed by atoms with Crippen molar-refractivity contribution in [2.45, 2.75) is 38.1 Å². The third-order valence-electron chi connectivity index (χ3n) is 6.53. The van der Waals surface area contributed by atoms with Crippen molar-refractivity contribution in [1.82, 2.24) is 15.5 Å². The van der Waals surface area contributed by atoms with Crippen LogP contribution in [0.5, 0.6) is 0 Å². The third-order valence-corrected chi connectivity index (χ3v) is 7.05. The van der Waals surface area contributed by atoms with Gasteiger partial charge in [0.05, 0.1) is 11.4 Å². The molecule has 1 unspecified atom stereocenters. The molecular formula is C27H33Cl2N5O3. The van der Waals surface area contributed by atoms with Gasteiger partial charge in [0.15, 0.2) is 0 Å². The summed E-state index contributed by atoms with van der Waals surface area (Å²) in [6.07, 6.45) is 3.01. The van der Waals surface area contributed by atoms with E-state index in [1.165, 1.54) is 0 Å². The monoisotopic (exact) mass is 545 g/mol. The van der Waals surface area contributed by atoms with E-state index in [-0.39, 0.29) is 23.8 Å². The molecule has 8 nitrogen and oxygen atoms in total. The molecule has 4 rings (SSSR count). The smallest absolute Gasteiger partial charge is 0.317 e. The summed E-state index contributed by atoms with van der Waals surface area (Å²) in [6.45, 7) is 5.08. The summed E-state index contributed by atoms with van der Waals surface area (Å²) in [4.78, 5) is 41.9. The minimum atomic E-state index is -0.608. The van der Waals surface area contributed by atoms with Crippen molar-refractivity contribution in [1.29, 1.82) is 0 Å². The van der Waals surface area contributed by atoms with Gasteiger partial charge in [-0.15, -0.1) is 0 Å². The van der Waals surface area contributed by atoms with Crippen molar-refractivity contribution < 1.29 is 14.4 Å². The fourth-order valence-corrected chi connectivity index (χ4v) is 4.77. The molecule has 1 saturated carbocycles. The van der Waals surface area contributed by atoms with Crippen LogP contribution in [0, 0.1) is 5.92 Å². The van der Waals surface area contributed by atoms with Gasteiger partial charge in [-0.1, -0.05) is 35.3 Å². The van der Waals surface area contributed by atoms with E-state index in [0.29, 0.717) is 48.9 Å². The van der Waals surface area contributed by atoms with E-state index >= 15 is 0 Å². The van der Waals surface area contributed by atoms with Crippen LogP contribution in [0.1, 0.15) is 42.1 Å². The van der Waals surface area contributed by atoms with Gasteiger partial charge < -0.3 is 25.8 Å². The van der Waals surface area contributed by atoms with Crippen LogP contribution in [-0.2, 0) is 11.2 Å². The minimum absolute atomic E-state index is 0.0225. The van der Waals surface area contributed by atoms with Crippen LogP contribution < -0.4 is 20.9 Å². The fourth-order valence-electron chi connectivity index (χ4n) is 4.36. The lowest BCUT2D eigenvalue weighted by Crippen LogP contribution is -2.42. The molecule has 1 aliphatic heterocycles. The van der Waals surface area contributed by atoms with E-state index in [1.807, 2.05) is 30.0 Å². The van der Waals surface area contributed by atoms with Crippen LogP contribution in [0.25, 0.3) is 0 Å². The number of carbonyl (C=O) groups is 3. The predicted octanol–water partition coefficient (Wildman–Crippen LogP) is 4.47. The maximum absolute atomic E-state index is 13.0. The number of urea groups is 1. The molecule has 37 heavy (non-hydrogen) atoms. The summed E-state index contributed by atoms with van der Waals surface area (Å²) < 4.78 is 0. The Morgan fingerprint density at radius 2 is 1.78 bits per heavy atom. The molecule has 10 heteroatoms. The second-order valence-electron chi connectivity index (χ2n) is 9.43. The SMILES string of the molecule is CCNC(=O)N1CCCN(c2ccc(C(=O)NC(Cl)Cc3ccc(Cl)cc3)cc2NC(=O)C2CC2)CC1. The van der Waals surface area contributed by atoms with E-state index in [2.05, 4.69) is 20.9 Å². The van der Waals surface area contributed by atoms with Crippen LogP contribution in [-0.4, -0.2) is 61.0 Å². The molecule has 2 aromatic rings. The van der Waals surface area contributed by atoms with Gasteiger partial charge in [0.25, 0.3) is 5.91 Å². The number of nitrogens with one attached hydrogen (secondary N) is 3. The molecule has 1 saturated heterocycles. The molecule has 4 amide bonds. The highest BCUT2D eigenvalue weighted by molar-refractivity contribution is 6.30. The highest BCUT2D eigenvalue weighted by Crippen LogP contribution is 2.33. The average Bonchev–Trinajstić information content (AvgIpc) is 3.73. The number of rotatable bonds is 8. The summed E-state index contributed by atoms with van der Waals surface area (Å²) in [6, 6.07) is 12.6.